The van der Waals surface area contributed by atoms with Crippen molar-refractivity contribution in [3.05, 3.63) is 95.0 Å². The van der Waals surface area contributed by atoms with E-state index in [9.17, 15) is 18.0 Å². The molecule has 0 aliphatic carbocycles. The van der Waals surface area contributed by atoms with Gasteiger partial charge in [0.2, 0.25) is 11.8 Å². The number of hydrogen-bond donors (Lipinski definition) is 1. The van der Waals surface area contributed by atoms with Gasteiger partial charge in [-0.05, 0) is 55.7 Å². The Morgan fingerprint density at radius 3 is 2.16 bits per heavy atom. The molecule has 0 radical (unpaired) electrons. The lowest BCUT2D eigenvalue weighted by Crippen LogP contribution is -2.53. The fourth-order valence-electron chi connectivity index (χ4n) is 4.07. The Bertz CT molecular complexity index is 1290. The van der Waals surface area contributed by atoms with Crippen LogP contribution < -0.4 is 9.62 Å². The molecule has 3 aromatic carbocycles. The molecule has 0 spiro atoms. The van der Waals surface area contributed by atoms with Gasteiger partial charge in [-0.2, -0.15) is 0 Å². The molecule has 9 heteroatoms. The monoisotopic (exact) mass is 585 g/mol. The van der Waals surface area contributed by atoms with Crippen LogP contribution in [0.25, 0.3) is 0 Å². The highest BCUT2D eigenvalue weighted by Crippen LogP contribution is 2.27. The zero-order chi connectivity index (χ0) is 26.8. The van der Waals surface area contributed by atoms with Crippen LogP contribution in [-0.4, -0.2) is 50.8 Å². The van der Waals surface area contributed by atoms with E-state index in [-0.39, 0.29) is 17.3 Å². The van der Waals surface area contributed by atoms with Crippen LogP contribution in [0.1, 0.15) is 25.8 Å². The number of carbonyl (C=O) groups is 2. The van der Waals surface area contributed by atoms with E-state index in [1.807, 2.05) is 44.2 Å². The van der Waals surface area contributed by atoms with Crippen LogP contribution in [0, 0.1) is 0 Å². The summed E-state index contributed by atoms with van der Waals surface area (Å²) in [6.07, 6.45) is 0.930. The summed E-state index contributed by atoms with van der Waals surface area (Å²) in [4.78, 5) is 28.3. The van der Waals surface area contributed by atoms with Gasteiger partial charge in [0, 0.05) is 17.6 Å². The van der Waals surface area contributed by atoms with E-state index in [1.54, 1.807) is 42.5 Å². The number of nitrogens with zero attached hydrogens (tertiary/aromatic N) is 2. The van der Waals surface area contributed by atoms with Gasteiger partial charge in [0.1, 0.15) is 12.6 Å². The first-order valence-corrected chi connectivity index (χ1v) is 14.5. The molecule has 0 bridgehead atoms. The third kappa shape index (κ3) is 7.42. The highest BCUT2D eigenvalue weighted by atomic mass is 79.9. The van der Waals surface area contributed by atoms with Crippen LogP contribution in [0.3, 0.4) is 0 Å². The van der Waals surface area contributed by atoms with Gasteiger partial charge < -0.3 is 10.2 Å². The highest BCUT2D eigenvalue weighted by Gasteiger charge is 2.33. The number of likely N-dealkylation sites (N-methyl/N-ethyl adjacent to an activating group) is 1. The van der Waals surface area contributed by atoms with Crippen molar-refractivity contribution in [1.29, 1.82) is 0 Å². The molecule has 1 unspecified atom stereocenters. The molecular formula is C28H32BrN3O4S. The average Bonchev–Trinajstić information content (AvgIpc) is 2.90. The Kier molecular flexibility index (Phi) is 10.3. The number of nitrogens with one attached hydrogen (secondary N) is 1. The molecule has 0 aliphatic rings. The van der Waals surface area contributed by atoms with Crippen molar-refractivity contribution >= 4 is 43.5 Å². The summed E-state index contributed by atoms with van der Waals surface area (Å²) in [5.74, 6) is -0.708. The van der Waals surface area contributed by atoms with Crippen LogP contribution in [0.4, 0.5) is 5.69 Å². The molecule has 0 saturated heterocycles. The Balaban J connectivity index is 1.99. The van der Waals surface area contributed by atoms with Crippen LogP contribution in [0.15, 0.2) is 94.3 Å². The lowest BCUT2D eigenvalue weighted by molar-refractivity contribution is -0.139. The van der Waals surface area contributed by atoms with Crippen molar-refractivity contribution in [1.82, 2.24) is 10.2 Å². The third-order valence-corrected chi connectivity index (χ3v) is 8.21. The lowest BCUT2D eigenvalue weighted by atomic mass is 10.1. The number of hydrogen-bond acceptors (Lipinski definition) is 4. The number of amides is 2. The second-order valence-electron chi connectivity index (χ2n) is 8.45. The van der Waals surface area contributed by atoms with Crippen molar-refractivity contribution in [3.63, 3.8) is 0 Å². The Morgan fingerprint density at radius 1 is 0.919 bits per heavy atom. The normalized spacial score (nSPS) is 12.0. The Morgan fingerprint density at radius 2 is 1.57 bits per heavy atom. The van der Waals surface area contributed by atoms with Crippen molar-refractivity contribution in [2.45, 2.75) is 37.6 Å². The molecular weight excluding hydrogens is 554 g/mol. The molecule has 0 heterocycles. The van der Waals surface area contributed by atoms with Gasteiger partial charge in [-0.3, -0.25) is 13.9 Å². The quantitative estimate of drug-likeness (QED) is 0.336. The van der Waals surface area contributed by atoms with Crippen LogP contribution in [-0.2, 0) is 26.0 Å². The third-order valence-electron chi connectivity index (χ3n) is 5.93. The molecule has 0 aliphatic heterocycles. The number of anilines is 1. The van der Waals surface area contributed by atoms with E-state index in [0.29, 0.717) is 29.5 Å². The minimum absolute atomic E-state index is 0.0781. The molecule has 2 amide bonds. The van der Waals surface area contributed by atoms with Gasteiger partial charge in [0.05, 0.1) is 10.6 Å². The summed E-state index contributed by atoms with van der Waals surface area (Å²) < 4.78 is 29.2. The molecule has 196 valence electrons. The van der Waals surface area contributed by atoms with Crippen LogP contribution >= 0.6 is 15.9 Å². The van der Waals surface area contributed by atoms with Crippen molar-refractivity contribution in [3.8, 4) is 0 Å². The van der Waals surface area contributed by atoms with Gasteiger partial charge in [0.15, 0.2) is 0 Å². The number of halogens is 1. The standard InChI is InChI=1S/C28H32BrN3O4S/c1-3-26(28(34)30-4-2)31(19-18-22-12-7-5-8-13-22)27(33)21-32(24-15-11-14-23(29)20-24)37(35,36)25-16-9-6-10-17-25/h5-17,20,26H,3-4,18-19,21H2,1-2H3,(H,30,34). The van der Waals surface area contributed by atoms with Gasteiger partial charge >= 0.3 is 0 Å². The van der Waals surface area contributed by atoms with E-state index >= 15 is 0 Å². The predicted octanol–water partition coefficient (Wildman–Crippen LogP) is 4.63. The fraction of sp³-hybridized carbons (Fsp3) is 0.286. The topological polar surface area (TPSA) is 86.8 Å². The minimum atomic E-state index is -4.07. The number of sulfonamides is 1. The van der Waals surface area contributed by atoms with Gasteiger partial charge in [0.25, 0.3) is 10.0 Å². The molecule has 3 rings (SSSR count). The number of benzene rings is 3. The fourth-order valence-corrected chi connectivity index (χ4v) is 5.88. The van der Waals surface area contributed by atoms with Crippen molar-refractivity contribution in [2.75, 3.05) is 23.9 Å². The number of carbonyl (C=O) groups excluding carboxylic acids is 2. The first-order valence-electron chi connectivity index (χ1n) is 12.2. The second kappa shape index (κ2) is 13.4. The maximum atomic E-state index is 13.8. The first-order chi connectivity index (χ1) is 17.8. The van der Waals surface area contributed by atoms with Crippen molar-refractivity contribution in [2.24, 2.45) is 0 Å². The molecule has 0 aromatic heterocycles. The largest absolute Gasteiger partial charge is 0.355 e. The van der Waals surface area contributed by atoms with Gasteiger partial charge in [-0.25, -0.2) is 8.42 Å². The molecule has 37 heavy (non-hydrogen) atoms. The minimum Gasteiger partial charge on any atom is -0.355 e. The maximum Gasteiger partial charge on any atom is 0.264 e. The summed E-state index contributed by atoms with van der Waals surface area (Å²) in [6, 6.07) is 23.8. The summed E-state index contributed by atoms with van der Waals surface area (Å²) in [6.45, 7) is 3.93. The van der Waals surface area contributed by atoms with Gasteiger partial charge in [-0.1, -0.05) is 77.5 Å². The zero-order valence-electron chi connectivity index (χ0n) is 21.0. The van der Waals surface area contributed by atoms with Gasteiger partial charge in [-0.15, -0.1) is 0 Å². The molecule has 1 atom stereocenters. The van der Waals surface area contributed by atoms with E-state index in [4.69, 9.17) is 0 Å². The lowest BCUT2D eigenvalue weighted by Gasteiger charge is -2.33. The van der Waals surface area contributed by atoms with E-state index in [2.05, 4.69) is 21.2 Å². The van der Waals surface area contributed by atoms with Crippen LogP contribution in [0.5, 0.6) is 0 Å². The summed E-state index contributed by atoms with van der Waals surface area (Å²) >= 11 is 3.40. The van der Waals surface area contributed by atoms with Crippen molar-refractivity contribution < 1.29 is 18.0 Å². The molecule has 0 fully saturated rings. The smallest absolute Gasteiger partial charge is 0.264 e. The van der Waals surface area contributed by atoms with E-state index < -0.39 is 28.5 Å². The summed E-state index contributed by atoms with van der Waals surface area (Å²) in [5, 5.41) is 2.81. The second-order valence-corrected chi connectivity index (χ2v) is 11.2. The number of rotatable bonds is 12. The summed E-state index contributed by atoms with van der Waals surface area (Å²) in [5.41, 5.74) is 1.37. The molecule has 0 saturated carbocycles. The molecule has 1 N–H and O–H groups in total. The zero-order valence-corrected chi connectivity index (χ0v) is 23.4. The van der Waals surface area contributed by atoms with E-state index in [1.165, 1.54) is 17.0 Å². The first kappa shape index (κ1) is 28.4. The summed E-state index contributed by atoms with van der Waals surface area (Å²) in [7, 11) is -4.07. The maximum absolute atomic E-state index is 13.8. The highest BCUT2D eigenvalue weighted by molar-refractivity contribution is 9.10. The Hall–Kier alpha value is -3.17. The SMILES string of the molecule is CCNC(=O)C(CC)N(CCc1ccccc1)C(=O)CN(c1cccc(Br)c1)S(=O)(=O)c1ccccc1. The average molecular weight is 587 g/mol. The molecule has 7 nitrogen and oxygen atoms in total. The predicted molar refractivity (Wildman–Crippen MR) is 150 cm³/mol. The van der Waals surface area contributed by atoms with E-state index in [0.717, 1.165) is 9.87 Å². The van der Waals surface area contributed by atoms with Crippen LogP contribution in [0.2, 0.25) is 0 Å². The Labute approximate surface area is 227 Å². The molecule has 3 aromatic rings.